The van der Waals surface area contributed by atoms with Gasteiger partial charge in [0.25, 0.3) is 0 Å². The fourth-order valence-electron chi connectivity index (χ4n) is 2.65. The summed E-state index contributed by atoms with van der Waals surface area (Å²) in [5.74, 6) is 0.795. The van der Waals surface area contributed by atoms with Gasteiger partial charge in [-0.2, -0.15) is 5.10 Å². The van der Waals surface area contributed by atoms with E-state index in [0.717, 1.165) is 30.0 Å². The number of nitrogens with two attached hydrogens (primary N) is 2. The molecule has 4 nitrogen and oxygen atoms in total. The second-order valence-corrected chi connectivity index (χ2v) is 5.70. The molecule has 0 amide bonds. The van der Waals surface area contributed by atoms with Crippen LogP contribution in [0.4, 0.5) is 0 Å². The molecule has 1 aromatic rings. The maximum atomic E-state index is 5.92. The fraction of sp³-hybridized carbons (Fsp3) is 0.467. The standard InChI is InChI=1S/C15H21ClN4/c16-13-8-6-12(7-9-13)14(19-20-15(17)18)10-5-11-3-1-2-4-11/h6-9,11H,1-5,10H2,(H4,17,18,20)/b19-14+. The van der Waals surface area contributed by atoms with E-state index in [4.69, 9.17) is 23.1 Å². The predicted octanol–water partition coefficient (Wildman–Crippen LogP) is 3.29. The average Bonchev–Trinajstić information content (AvgIpc) is 2.93. The van der Waals surface area contributed by atoms with Gasteiger partial charge in [0.15, 0.2) is 0 Å². The quantitative estimate of drug-likeness (QED) is 0.496. The van der Waals surface area contributed by atoms with E-state index in [2.05, 4.69) is 10.2 Å². The summed E-state index contributed by atoms with van der Waals surface area (Å²) in [7, 11) is 0. The highest BCUT2D eigenvalue weighted by Crippen LogP contribution is 2.29. The van der Waals surface area contributed by atoms with E-state index in [1.807, 2.05) is 24.3 Å². The molecule has 0 unspecified atom stereocenters. The highest BCUT2D eigenvalue weighted by atomic mass is 35.5. The van der Waals surface area contributed by atoms with Crippen LogP contribution < -0.4 is 11.5 Å². The van der Waals surface area contributed by atoms with Gasteiger partial charge < -0.3 is 11.5 Å². The third-order valence-electron chi connectivity index (χ3n) is 3.73. The van der Waals surface area contributed by atoms with Crippen LogP contribution in [0.15, 0.2) is 34.5 Å². The van der Waals surface area contributed by atoms with Crippen molar-refractivity contribution in [1.82, 2.24) is 0 Å². The number of halogens is 1. The Morgan fingerprint density at radius 3 is 2.35 bits per heavy atom. The lowest BCUT2D eigenvalue weighted by Gasteiger charge is -2.10. The number of nitrogens with zero attached hydrogens (tertiary/aromatic N) is 2. The highest BCUT2D eigenvalue weighted by molar-refractivity contribution is 6.30. The van der Waals surface area contributed by atoms with E-state index in [9.17, 15) is 0 Å². The summed E-state index contributed by atoms with van der Waals surface area (Å²) in [6, 6.07) is 7.63. The van der Waals surface area contributed by atoms with Crippen LogP contribution in [0.1, 0.15) is 44.1 Å². The van der Waals surface area contributed by atoms with Crippen LogP contribution >= 0.6 is 11.6 Å². The minimum Gasteiger partial charge on any atom is -0.369 e. The first-order valence-electron chi connectivity index (χ1n) is 7.06. The lowest BCUT2D eigenvalue weighted by molar-refractivity contribution is 0.515. The van der Waals surface area contributed by atoms with Gasteiger partial charge in [-0.05, 0) is 36.5 Å². The Morgan fingerprint density at radius 1 is 1.10 bits per heavy atom. The molecule has 0 bridgehead atoms. The van der Waals surface area contributed by atoms with Crippen molar-refractivity contribution in [3.63, 3.8) is 0 Å². The molecule has 20 heavy (non-hydrogen) atoms. The maximum absolute atomic E-state index is 5.92. The first kappa shape index (κ1) is 14.9. The minimum absolute atomic E-state index is 0.0164. The van der Waals surface area contributed by atoms with Crippen LogP contribution in [0.5, 0.6) is 0 Å². The highest BCUT2D eigenvalue weighted by Gasteiger charge is 2.16. The van der Waals surface area contributed by atoms with Crippen LogP contribution in [0.3, 0.4) is 0 Å². The number of hydrogen-bond acceptors (Lipinski definition) is 2. The summed E-state index contributed by atoms with van der Waals surface area (Å²) in [5.41, 5.74) is 12.7. The summed E-state index contributed by atoms with van der Waals surface area (Å²) >= 11 is 5.92. The summed E-state index contributed by atoms with van der Waals surface area (Å²) in [4.78, 5) is 0. The Kier molecular flexibility index (Phi) is 5.41. The molecule has 0 spiro atoms. The monoisotopic (exact) mass is 292 g/mol. The Morgan fingerprint density at radius 2 is 1.75 bits per heavy atom. The summed E-state index contributed by atoms with van der Waals surface area (Å²) < 4.78 is 0. The predicted molar refractivity (Wildman–Crippen MR) is 85.0 cm³/mol. The molecule has 0 atom stereocenters. The van der Waals surface area contributed by atoms with Crippen molar-refractivity contribution in [1.29, 1.82) is 0 Å². The molecule has 2 rings (SSSR count). The lowest BCUT2D eigenvalue weighted by Crippen LogP contribution is -2.22. The Bertz CT molecular complexity index is 483. The minimum atomic E-state index is -0.0164. The molecule has 5 heteroatoms. The number of hydrogen-bond donors (Lipinski definition) is 2. The molecular formula is C15H21ClN4. The van der Waals surface area contributed by atoms with Crippen molar-refractivity contribution in [3.05, 3.63) is 34.9 Å². The van der Waals surface area contributed by atoms with Crippen molar-refractivity contribution < 1.29 is 0 Å². The molecule has 1 fully saturated rings. The lowest BCUT2D eigenvalue weighted by atomic mass is 9.97. The molecule has 0 heterocycles. The molecule has 1 aromatic carbocycles. The van der Waals surface area contributed by atoms with Crippen LogP contribution in [0.2, 0.25) is 5.02 Å². The molecule has 0 saturated heterocycles. The van der Waals surface area contributed by atoms with Crippen molar-refractivity contribution >= 4 is 23.3 Å². The number of rotatable bonds is 5. The molecule has 1 aliphatic rings. The van der Waals surface area contributed by atoms with E-state index < -0.39 is 0 Å². The fourth-order valence-corrected chi connectivity index (χ4v) is 2.78. The Labute approximate surface area is 124 Å². The summed E-state index contributed by atoms with van der Waals surface area (Å²) in [5, 5.41) is 8.71. The SMILES string of the molecule is NC(N)=N/N=C(\CCC1CCCC1)c1ccc(Cl)cc1. The molecule has 0 aromatic heterocycles. The maximum Gasteiger partial charge on any atom is 0.211 e. The average molecular weight is 293 g/mol. The molecule has 0 aliphatic heterocycles. The summed E-state index contributed by atoms with van der Waals surface area (Å²) in [6.45, 7) is 0. The second-order valence-electron chi connectivity index (χ2n) is 5.27. The zero-order chi connectivity index (χ0) is 14.4. The molecular weight excluding hydrogens is 272 g/mol. The molecule has 4 N–H and O–H groups in total. The van der Waals surface area contributed by atoms with Gasteiger partial charge >= 0.3 is 0 Å². The number of guanidine groups is 1. The van der Waals surface area contributed by atoms with Crippen LogP contribution in [0, 0.1) is 5.92 Å². The van der Waals surface area contributed by atoms with Crippen molar-refractivity contribution in [2.45, 2.75) is 38.5 Å². The first-order valence-corrected chi connectivity index (χ1v) is 7.44. The van der Waals surface area contributed by atoms with Gasteiger partial charge in [0.2, 0.25) is 5.96 Å². The van der Waals surface area contributed by atoms with Gasteiger partial charge in [-0.3, -0.25) is 0 Å². The third-order valence-corrected chi connectivity index (χ3v) is 3.98. The van der Waals surface area contributed by atoms with Gasteiger partial charge in [0.05, 0.1) is 5.71 Å². The van der Waals surface area contributed by atoms with Crippen LogP contribution in [-0.2, 0) is 0 Å². The van der Waals surface area contributed by atoms with Crippen LogP contribution in [0.25, 0.3) is 0 Å². The molecule has 1 saturated carbocycles. The van der Waals surface area contributed by atoms with Gasteiger partial charge in [0, 0.05) is 5.02 Å². The molecule has 0 radical (unpaired) electrons. The smallest absolute Gasteiger partial charge is 0.211 e. The zero-order valence-corrected chi connectivity index (χ0v) is 12.3. The van der Waals surface area contributed by atoms with Gasteiger partial charge in [-0.25, -0.2) is 0 Å². The third kappa shape index (κ3) is 4.53. The molecule has 1 aliphatic carbocycles. The van der Waals surface area contributed by atoms with E-state index in [1.54, 1.807) is 0 Å². The van der Waals surface area contributed by atoms with E-state index >= 15 is 0 Å². The van der Waals surface area contributed by atoms with Gasteiger partial charge in [-0.1, -0.05) is 49.4 Å². The Hall–Kier alpha value is -1.55. The van der Waals surface area contributed by atoms with Crippen molar-refractivity contribution in [3.8, 4) is 0 Å². The normalized spacial score (nSPS) is 16.4. The topological polar surface area (TPSA) is 76.8 Å². The van der Waals surface area contributed by atoms with Crippen LogP contribution in [-0.4, -0.2) is 11.7 Å². The van der Waals surface area contributed by atoms with E-state index in [1.165, 1.54) is 25.7 Å². The Balaban J connectivity index is 2.09. The molecule has 108 valence electrons. The first-order chi connectivity index (χ1) is 9.65. The van der Waals surface area contributed by atoms with E-state index in [-0.39, 0.29) is 5.96 Å². The van der Waals surface area contributed by atoms with E-state index in [0.29, 0.717) is 5.02 Å². The zero-order valence-electron chi connectivity index (χ0n) is 11.6. The summed E-state index contributed by atoms with van der Waals surface area (Å²) in [6.07, 6.45) is 7.40. The van der Waals surface area contributed by atoms with Gasteiger partial charge in [0.1, 0.15) is 0 Å². The second kappa shape index (κ2) is 7.29. The number of benzene rings is 1. The van der Waals surface area contributed by atoms with Gasteiger partial charge in [-0.15, -0.1) is 5.10 Å². The van der Waals surface area contributed by atoms with Crippen molar-refractivity contribution in [2.75, 3.05) is 0 Å². The van der Waals surface area contributed by atoms with Crippen molar-refractivity contribution in [2.24, 2.45) is 27.6 Å². The largest absolute Gasteiger partial charge is 0.369 e.